The van der Waals surface area contributed by atoms with E-state index >= 15 is 0 Å². The summed E-state index contributed by atoms with van der Waals surface area (Å²) in [5.41, 5.74) is 1.58. The Morgan fingerprint density at radius 1 is 1.42 bits per heavy atom. The lowest BCUT2D eigenvalue weighted by molar-refractivity contribution is -0.119. The van der Waals surface area contributed by atoms with Gasteiger partial charge in [0.2, 0.25) is 5.91 Å². The van der Waals surface area contributed by atoms with Gasteiger partial charge in [0.25, 0.3) is 0 Å². The van der Waals surface area contributed by atoms with Crippen LogP contribution in [0, 0.1) is 13.8 Å². The van der Waals surface area contributed by atoms with Gasteiger partial charge in [0.05, 0.1) is 11.3 Å². The quantitative estimate of drug-likeness (QED) is 0.808. The number of carbonyl (C=O) groups excluding carboxylic acids is 1. The van der Waals surface area contributed by atoms with Gasteiger partial charge in [-0.1, -0.05) is 11.8 Å². The maximum Gasteiger partial charge on any atom is 0.338 e. The molecule has 0 radical (unpaired) electrons. The summed E-state index contributed by atoms with van der Waals surface area (Å²) >= 11 is 1.15. The topological polar surface area (TPSA) is 79.3 Å². The highest BCUT2D eigenvalue weighted by Gasteiger charge is 2.17. The minimum absolute atomic E-state index is 0.0687. The van der Waals surface area contributed by atoms with Crippen LogP contribution in [0.15, 0.2) is 11.1 Å². The molecule has 0 saturated carbocycles. The predicted octanol–water partition coefficient (Wildman–Crippen LogP) is 2.01. The minimum Gasteiger partial charge on any atom is -0.478 e. The summed E-state index contributed by atoms with van der Waals surface area (Å²) in [7, 11) is 0. The fourth-order valence-electron chi connectivity index (χ4n) is 1.66. The van der Waals surface area contributed by atoms with Crippen molar-refractivity contribution in [3.8, 4) is 0 Å². The summed E-state index contributed by atoms with van der Waals surface area (Å²) in [6, 6.07) is 1.79. The lowest BCUT2D eigenvalue weighted by atomic mass is 10.1. The van der Waals surface area contributed by atoms with Crippen molar-refractivity contribution in [3.05, 3.63) is 22.9 Å². The average molecular weight is 282 g/mol. The molecule has 6 heteroatoms. The Bertz CT molecular complexity index is 501. The average Bonchev–Trinajstić information content (AvgIpc) is 2.23. The number of pyridine rings is 1. The van der Waals surface area contributed by atoms with Crippen LogP contribution < -0.4 is 5.32 Å². The van der Waals surface area contributed by atoms with Gasteiger partial charge in [-0.05, 0) is 39.3 Å². The van der Waals surface area contributed by atoms with Gasteiger partial charge in [0.15, 0.2) is 0 Å². The number of hydrogen-bond donors (Lipinski definition) is 2. The molecule has 2 N–H and O–H groups in total. The van der Waals surface area contributed by atoms with Gasteiger partial charge in [0.1, 0.15) is 5.03 Å². The SMILES string of the molecule is Cc1cc(C)c(C(=O)O)c(SCC(=O)NC(C)C)n1. The summed E-state index contributed by atoms with van der Waals surface area (Å²) in [6.45, 7) is 7.29. The first kappa shape index (κ1) is 15.5. The van der Waals surface area contributed by atoms with Gasteiger partial charge in [-0.15, -0.1) is 0 Å². The normalized spacial score (nSPS) is 10.6. The molecule has 0 unspecified atom stereocenters. The molecule has 1 aromatic rings. The largest absolute Gasteiger partial charge is 0.478 e. The van der Waals surface area contributed by atoms with Crippen molar-refractivity contribution in [3.63, 3.8) is 0 Å². The van der Waals surface area contributed by atoms with E-state index in [-0.39, 0.29) is 23.3 Å². The molecule has 0 aliphatic rings. The number of aromatic nitrogens is 1. The zero-order valence-electron chi connectivity index (χ0n) is 11.5. The number of aromatic carboxylic acids is 1. The summed E-state index contributed by atoms with van der Waals surface area (Å²) in [6.07, 6.45) is 0. The summed E-state index contributed by atoms with van der Waals surface area (Å²) in [5, 5.41) is 12.3. The van der Waals surface area contributed by atoms with Crippen LogP contribution in [-0.4, -0.2) is 33.8 Å². The molecule has 1 aromatic heterocycles. The van der Waals surface area contributed by atoms with E-state index in [1.807, 2.05) is 13.8 Å². The van der Waals surface area contributed by atoms with E-state index in [1.165, 1.54) is 0 Å². The van der Waals surface area contributed by atoms with E-state index in [9.17, 15) is 14.7 Å². The van der Waals surface area contributed by atoms with Crippen molar-refractivity contribution < 1.29 is 14.7 Å². The number of thioether (sulfide) groups is 1. The molecule has 5 nitrogen and oxygen atoms in total. The van der Waals surface area contributed by atoms with Crippen LogP contribution in [0.3, 0.4) is 0 Å². The van der Waals surface area contributed by atoms with Crippen molar-refractivity contribution >= 4 is 23.6 Å². The standard InChI is InChI=1S/C13H18N2O3S/c1-7(2)14-10(16)6-19-12-11(13(17)18)8(3)5-9(4)15-12/h5,7H,6H2,1-4H3,(H,14,16)(H,17,18). The van der Waals surface area contributed by atoms with Crippen LogP contribution >= 0.6 is 11.8 Å². The van der Waals surface area contributed by atoms with Crippen molar-refractivity contribution in [2.24, 2.45) is 0 Å². The predicted molar refractivity (Wildman–Crippen MR) is 74.7 cm³/mol. The van der Waals surface area contributed by atoms with Gasteiger partial charge >= 0.3 is 5.97 Å². The third-order valence-electron chi connectivity index (χ3n) is 2.32. The van der Waals surface area contributed by atoms with Crippen LogP contribution in [-0.2, 0) is 4.79 Å². The van der Waals surface area contributed by atoms with Crippen molar-refractivity contribution in [1.29, 1.82) is 0 Å². The molecule has 1 heterocycles. The molecule has 19 heavy (non-hydrogen) atoms. The Morgan fingerprint density at radius 2 is 2.05 bits per heavy atom. The molecule has 0 saturated heterocycles. The first-order valence-electron chi connectivity index (χ1n) is 5.95. The molecular formula is C13H18N2O3S. The molecular weight excluding hydrogens is 264 g/mol. The second-order valence-electron chi connectivity index (χ2n) is 4.58. The first-order chi connectivity index (χ1) is 8.81. The second kappa shape index (κ2) is 6.56. The van der Waals surface area contributed by atoms with Crippen LogP contribution in [0.4, 0.5) is 0 Å². The highest BCUT2D eigenvalue weighted by molar-refractivity contribution is 8.00. The minimum atomic E-state index is -1.02. The Hall–Kier alpha value is -1.56. The Labute approximate surface area is 116 Å². The number of carboxylic acid groups (broad SMARTS) is 1. The molecule has 0 spiro atoms. The Kier molecular flexibility index (Phi) is 5.35. The number of hydrogen-bond acceptors (Lipinski definition) is 4. The summed E-state index contributed by atoms with van der Waals surface area (Å²) in [4.78, 5) is 27.0. The van der Waals surface area contributed by atoms with E-state index in [1.54, 1.807) is 19.9 Å². The molecule has 0 atom stereocenters. The maximum atomic E-state index is 11.6. The van der Waals surface area contributed by atoms with E-state index in [0.29, 0.717) is 10.6 Å². The number of rotatable bonds is 5. The lowest BCUT2D eigenvalue weighted by Gasteiger charge is -2.10. The van der Waals surface area contributed by atoms with Gasteiger partial charge in [-0.3, -0.25) is 4.79 Å². The van der Waals surface area contributed by atoms with E-state index in [4.69, 9.17) is 0 Å². The van der Waals surface area contributed by atoms with E-state index in [2.05, 4.69) is 10.3 Å². The number of carbonyl (C=O) groups is 2. The molecule has 1 amide bonds. The zero-order chi connectivity index (χ0) is 14.6. The molecule has 104 valence electrons. The number of aryl methyl sites for hydroxylation is 2. The van der Waals surface area contributed by atoms with Crippen LogP contribution in [0.25, 0.3) is 0 Å². The summed E-state index contributed by atoms with van der Waals surface area (Å²) in [5.74, 6) is -0.983. The third-order valence-corrected chi connectivity index (χ3v) is 3.29. The van der Waals surface area contributed by atoms with Gasteiger partial charge in [-0.25, -0.2) is 9.78 Å². The van der Waals surface area contributed by atoms with Gasteiger partial charge in [0, 0.05) is 11.7 Å². The monoisotopic (exact) mass is 282 g/mol. The van der Waals surface area contributed by atoms with Crippen molar-refractivity contribution in [2.45, 2.75) is 38.8 Å². The Balaban J connectivity index is 2.88. The van der Waals surface area contributed by atoms with Crippen molar-refractivity contribution in [2.75, 3.05) is 5.75 Å². The van der Waals surface area contributed by atoms with E-state index in [0.717, 1.165) is 17.5 Å². The molecule has 0 fully saturated rings. The van der Waals surface area contributed by atoms with Crippen LogP contribution in [0.1, 0.15) is 35.5 Å². The van der Waals surface area contributed by atoms with Crippen LogP contribution in [0.5, 0.6) is 0 Å². The van der Waals surface area contributed by atoms with Crippen LogP contribution in [0.2, 0.25) is 0 Å². The molecule has 0 bridgehead atoms. The highest BCUT2D eigenvalue weighted by atomic mass is 32.2. The van der Waals surface area contributed by atoms with E-state index < -0.39 is 5.97 Å². The molecule has 0 aliphatic heterocycles. The fraction of sp³-hybridized carbons (Fsp3) is 0.462. The number of carboxylic acids is 1. The van der Waals surface area contributed by atoms with Gasteiger partial charge in [-0.2, -0.15) is 0 Å². The summed E-state index contributed by atoms with van der Waals surface area (Å²) < 4.78 is 0. The van der Waals surface area contributed by atoms with Gasteiger partial charge < -0.3 is 10.4 Å². The number of amides is 1. The Morgan fingerprint density at radius 3 is 2.58 bits per heavy atom. The highest BCUT2D eigenvalue weighted by Crippen LogP contribution is 2.24. The second-order valence-corrected chi connectivity index (χ2v) is 5.54. The molecule has 0 aliphatic carbocycles. The maximum absolute atomic E-state index is 11.6. The smallest absolute Gasteiger partial charge is 0.338 e. The first-order valence-corrected chi connectivity index (χ1v) is 6.93. The zero-order valence-corrected chi connectivity index (χ0v) is 12.3. The number of nitrogens with one attached hydrogen (secondary N) is 1. The number of nitrogens with zero attached hydrogens (tertiary/aromatic N) is 1. The van der Waals surface area contributed by atoms with Crippen molar-refractivity contribution in [1.82, 2.24) is 10.3 Å². The third kappa shape index (κ3) is 4.55. The molecule has 1 rings (SSSR count). The molecule has 0 aromatic carbocycles. The fourth-order valence-corrected chi connectivity index (χ4v) is 2.62. The lowest BCUT2D eigenvalue weighted by Crippen LogP contribution is -2.31.